The minimum Gasteiger partial charge on any atom is -0.316 e. The molecule has 0 aliphatic carbocycles. The van der Waals surface area contributed by atoms with E-state index >= 15 is 0 Å². The molecule has 1 N–H and O–H groups in total. The lowest BCUT2D eigenvalue weighted by atomic mass is 10.2. The Morgan fingerprint density at radius 3 is 3.20 bits per heavy atom. The Kier molecular flexibility index (Phi) is 3.83. The molecule has 1 aliphatic heterocycles. The fraction of sp³-hybridized carbons (Fsp3) is 0.600. The zero-order chi connectivity index (χ0) is 10.7. The molecule has 0 aromatic carbocycles. The largest absolute Gasteiger partial charge is 0.316 e. The van der Waals surface area contributed by atoms with Crippen molar-refractivity contribution in [3.63, 3.8) is 0 Å². The number of aromatic nitrogens is 2. The van der Waals surface area contributed by atoms with E-state index in [1.54, 1.807) is 18.0 Å². The van der Waals surface area contributed by atoms with Crippen molar-refractivity contribution in [1.82, 2.24) is 15.3 Å². The molecule has 0 spiro atoms. The van der Waals surface area contributed by atoms with Crippen molar-refractivity contribution < 1.29 is 0 Å². The van der Waals surface area contributed by atoms with E-state index in [2.05, 4.69) is 15.3 Å². The molecule has 1 aromatic rings. The first-order valence-electron chi connectivity index (χ1n) is 5.08. The van der Waals surface area contributed by atoms with Crippen molar-refractivity contribution in [1.29, 1.82) is 0 Å². The van der Waals surface area contributed by atoms with Gasteiger partial charge in [-0.15, -0.1) is 0 Å². The molecular weight excluding hydrogens is 230 g/mol. The van der Waals surface area contributed by atoms with Gasteiger partial charge in [0.2, 0.25) is 0 Å². The van der Waals surface area contributed by atoms with Gasteiger partial charge in [0.05, 0.1) is 0 Å². The molecule has 1 aromatic heterocycles. The van der Waals surface area contributed by atoms with E-state index in [4.69, 9.17) is 11.6 Å². The van der Waals surface area contributed by atoms with Gasteiger partial charge in [0, 0.05) is 17.5 Å². The third-order valence-electron chi connectivity index (χ3n) is 2.50. The molecule has 0 bridgehead atoms. The third-order valence-corrected chi connectivity index (χ3v) is 3.97. The van der Waals surface area contributed by atoms with Crippen molar-refractivity contribution in [2.75, 3.05) is 18.8 Å². The summed E-state index contributed by atoms with van der Waals surface area (Å²) in [6.07, 6.45) is 3.04. The van der Waals surface area contributed by atoms with Crippen LogP contribution in [0.2, 0.25) is 5.15 Å². The van der Waals surface area contributed by atoms with Crippen molar-refractivity contribution in [2.24, 2.45) is 5.92 Å². The zero-order valence-corrected chi connectivity index (χ0v) is 10.2. The van der Waals surface area contributed by atoms with E-state index in [-0.39, 0.29) is 0 Å². The Bertz CT molecular complexity index is 339. The Labute approximate surface area is 99.0 Å². The van der Waals surface area contributed by atoms with E-state index in [9.17, 15) is 0 Å². The predicted octanol–water partition coefficient (Wildman–Crippen LogP) is 2.14. The summed E-state index contributed by atoms with van der Waals surface area (Å²) in [7, 11) is 0. The average molecular weight is 244 g/mol. The number of hydrogen-bond donors (Lipinski definition) is 1. The average Bonchev–Trinajstić information content (AvgIpc) is 2.73. The molecule has 1 atom stereocenters. The Balaban J connectivity index is 1.90. The van der Waals surface area contributed by atoms with Gasteiger partial charge in [-0.3, -0.25) is 0 Å². The van der Waals surface area contributed by atoms with E-state index in [0.29, 0.717) is 5.15 Å². The highest BCUT2D eigenvalue weighted by atomic mass is 35.5. The van der Waals surface area contributed by atoms with Crippen molar-refractivity contribution in [3.8, 4) is 0 Å². The molecule has 15 heavy (non-hydrogen) atoms. The van der Waals surface area contributed by atoms with Gasteiger partial charge in [-0.1, -0.05) is 23.4 Å². The van der Waals surface area contributed by atoms with Crippen molar-refractivity contribution in [2.45, 2.75) is 18.5 Å². The summed E-state index contributed by atoms with van der Waals surface area (Å²) in [5.41, 5.74) is 0.934. The number of rotatable bonds is 3. The van der Waals surface area contributed by atoms with E-state index in [1.165, 1.54) is 6.42 Å². The second kappa shape index (κ2) is 5.14. The second-order valence-electron chi connectivity index (χ2n) is 3.80. The lowest BCUT2D eigenvalue weighted by Gasteiger charge is -2.06. The van der Waals surface area contributed by atoms with Crippen LogP contribution in [0.15, 0.2) is 11.4 Å². The molecule has 0 radical (unpaired) electrons. The molecule has 3 nitrogen and oxygen atoms in total. The van der Waals surface area contributed by atoms with Gasteiger partial charge >= 0.3 is 0 Å². The monoisotopic (exact) mass is 243 g/mol. The Hall–Kier alpha value is -0.320. The molecule has 0 saturated carbocycles. The lowest BCUT2D eigenvalue weighted by Crippen LogP contribution is -2.10. The zero-order valence-electron chi connectivity index (χ0n) is 8.66. The van der Waals surface area contributed by atoms with Crippen LogP contribution in [0.4, 0.5) is 0 Å². The highest BCUT2D eigenvalue weighted by Crippen LogP contribution is 2.22. The summed E-state index contributed by atoms with van der Waals surface area (Å²) in [4.78, 5) is 8.48. The van der Waals surface area contributed by atoms with E-state index in [1.807, 2.05) is 6.92 Å². The third kappa shape index (κ3) is 3.06. The summed E-state index contributed by atoms with van der Waals surface area (Å²) in [5, 5.41) is 4.70. The van der Waals surface area contributed by atoms with Gasteiger partial charge in [0.15, 0.2) is 5.16 Å². The van der Waals surface area contributed by atoms with Crippen LogP contribution in [0, 0.1) is 12.8 Å². The van der Waals surface area contributed by atoms with Gasteiger partial charge < -0.3 is 5.32 Å². The highest BCUT2D eigenvalue weighted by molar-refractivity contribution is 7.99. The van der Waals surface area contributed by atoms with Crippen molar-refractivity contribution in [3.05, 3.63) is 16.9 Å². The normalized spacial score (nSPS) is 20.8. The van der Waals surface area contributed by atoms with Crippen molar-refractivity contribution >= 4 is 23.4 Å². The molecule has 1 fully saturated rings. The van der Waals surface area contributed by atoms with Crippen LogP contribution >= 0.6 is 23.4 Å². The Morgan fingerprint density at radius 1 is 1.67 bits per heavy atom. The maximum Gasteiger partial charge on any atom is 0.188 e. The van der Waals surface area contributed by atoms with E-state index in [0.717, 1.165) is 35.5 Å². The van der Waals surface area contributed by atoms with Crippen LogP contribution in [0.3, 0.4) is 0 Å². The van der Waals surface area contributed by atoms with Gasteiger partial charge in [0.1, 0.15) is 5.15 Å². The summed E-state index contributed by atoms with van der Waals surface area (Å²) < 4.78 is 0. The van der Waals surface area contributed by atoms with Gasteiger partial charge in [0.25, 0.3) is 0 Å². The number of nitrogens with one attached hydrogen (secondary N) is 1. The first-order chi connectivity index (χ1) is 7.25. The highest BCUT2D eigenvalue weighted by Gasteiger charge is 2.15. The topological polar surface area (TPSA) is 37.8 Å². The second-order valence-corrected chi connectivity index (χ2v) is 5.14. The SMILES string of the molecule is Cc1cnc(SC[C@H]2CCNC2)nc1Cl. The maximum atomic E-state index is 5.93. The molecule has 0 amide bonds. The molecule has 1 saturated heterocycles. The smallest absolute Gasteiger partial charge is 0.188 e. The van der Waals surface area contributed by atoms with E-state index < -0.39 is 0 Å². The number of aryl methyl sites for hydroxylation is 1. The van der Waals surface area contributed by atoms with Crippen LogP contribution in [0.25, 0.3) is 0 Å². The predicted molar refractivity (Wildman–Crippen MR) is 63.5 cm³/mol. The summed E-state index contributed by atoms with van der Waals surface area (Å²) in [6.45, 7) is 4.17. The fourth-order valence-corrected chi connectivity index (χ4v) is 2.66. The minimum atomic E-state index is 0.567. The fourth-order valence-electron chi connectivity index (χ4n) is 1.52. The number of hydrogen-bond acceptors (Lipinski definition) is 4. The first kappa shape index (κ1) is 11.2. The number of thioether (sulfide) groups is 1. The molecule has 1 aliphatic rings. The van der Waals surface area contributed by atoms with Gasteiger partial charge in [-0.25, -0.2) is 9.97 Å². The molecule has 82 valence electrons. The summed E-state index contributed by atoms with van der Waals surface area (Å²) >= 11 is 7.63. The first-order valence-corrected chi connectivity index (χ1v) is 6.44. The minimum absolute atomic E-state index is 0.567. The number of halogens is 1. The molecule has 0 unspecified atom stereocenters. The summed E-state index contributed by atoms with van der Waals surface area (Å²) in [6, 6.07) is 0. The van der Waals surface area contributed by atoms with Gasteiger partial charge in [-0.2, -0.15) is 0 Å². The summed E-state index contributed by atoms with van der Waals surface area (Å²) in [5.74, 6) is 1.82. The van der Waals surface area contributed by atoms with Gasteiger partial charge in [-0.05, 0) is 32.4 Å². The van der Waals surface area contributed by atoms with Crippen LogP contribution in [-0.2, 0) is 0 Å². The lowest BCUT2D eigenvalue weighted by molar-refractivity contribution is 0.661. The van der Waals surface area contributed by atoms with Crippen LogP contribution < -0.4 is 5.32 Å². The molecule has 2 heterocycles. The molecule has 2 rings (SSSR count). The molecule has 5 heteroatoms. The molecular formula is C10H14ClN3S. The Morgan fingerprint density at radius 2 is 2.53 bits per heavy atom. The van der Waals surface area contributed by atoms with Crippen LogP contribution in [0.1, 0.15) is 12.0 Å². The quantitative estimate of drug-likeness (QED) is 0.502. The van der Waals surface area contributed by atoms with Crippen LogP contribution in [-0.4, -0.2) is 28.8 Å². The number of nitrogens with zero attached hydrogens (tertiary/aromatic N) is 2. The van der Waals surface area contributed by atoms with Crippen LogP contribution in [0.5, 0.6) is 0 Å². The maximum absolute atomic E-state index is 5.93. The standard InChI is InChI=1S/C10H14ClN3S/c1-7-4-13-10(14-9(7)11)15-6-8-2-3-12-5-8/h4,8,12H,2-3,5-6H2,1H3/t8-/m0/s1.